The standard InChI is InChI=1S/C25H29N3O4S2/c1-6-11-28-22-12-16(2)17(3)13-23(22)33-25(28)26-24(29)20-7-9-21(10-8-20)34(30,31)27-14-18(4)32-19(5)15-27/h6-10,12-13,18-19H,1,11,14-15H2,2-5H3. The molecule has 0 spiro atoms. The van der Waals surface area contributed by atoms with Crippen LogP contribution in [0.1, 0.15) is 35.3 Å². The molecule has 0 bridgehead atoms. The Morgan fingerprint density at radius 2 is 1.76 bits per heavy atom. The molecule has 180 valence electrons. The highest BCUT2D eigenvalue weighted by Gasteiger charge is 2.32. The van der Waals surface area contributed by atoms with Crippen molar-refractivity contribution in [3.63, 3.8) is 0 Å². The van der Waals surface area contributed by atoms with Crippen LogP contribution in [0.5, 0.6) is 0 Å². The number of thiazole rings is 1. The lowest BCUT2D eigenvalue weighted by Gasteiger charge is -2.34. The van der Waals surface area contributed by atoms with Crippen LogP contribution in [-0.4, -0.2) is 48.5 Å². The van der Waals surface area contributed by atoms with Crippen LogP contribution in [-0.2, 0) is 21.3 Å². The summed E-state index contributed by atoms with van der Waals surface area (Å²) in [6.07, 6.45) is 1.43. The van der Waals surface area contributed by atoms with Crippen molar-refractivity contribution in [1.29, 1.82) is 0 Å². The zero-order valence-electron chi connectivity index (χ0n) is 19.8. The molecule has 1 aliphatic heterocycles. The number of allylic oxidation sites excluding steroid dienone is 1. The maximum Gasteiger partial charge on any atom is 0.279 e. The lowest BCUT2D eigenvalue weighted by molar-refractivity contribution is -0.0440. The van der Waals surface area contributed by atoms with Crippen molar-refractivity contribution in [2.75, 3.05) is 13.1 Å². The second-order valence-electron chi connectivity index (χ2n) is 8.71. The molecule has 0 radical (unpaired) electrons. The smallest absolute Gasteiger partial charge is 0.279 e. The van der Waals surface area contributed by atoms with Gasteiger partial charge in [0.05, 0.1) is 27.3 Å². The Morgan fingerprint density at radius 3 is 2.38 bits per heavy atom. The molecule has 34 heavy (non-hydrogen) atoms. The fourth-order valence-electron chi connectivity index (χ4n) is 4.11. The molecular formula is C25H29N3O4S2. The van der Waals surface area contributed by atoms with Crippen LogP contribution < -0.4 is 4.80 Å². The number of carbonyl (C=O) groups is 1. The molecule has 7 nitrogen and oxygen atoms in total. The molecule has 2 aromatic carbocycles. The third-order valence-electron chi connectivity index (χ3n) is 5.93. The summed E-state index contributed by atoms with van der Waals surface area (Å²) in [5.41, 5.74) is 3.69. The Labute approximate surface area is 204 Å². The van der Waals surface area contributed by atoms with E-state index in [2.05, 4.69) is 37.6 Å². The molecule has 1 aromatic heterocycles. The van der Waals surface area contributed by atoms with Crippen LogP contribution in [0.15, 0.2) is 58.9 Å². The molecule has 1 saturated heterocycles. The van der Waals surface area contributed by atoms with Crippen LogP contribution in [0.2, 0.25) is 0 Å². The van der Waals surface area contributed by atoms with Crippen LogP contribution >= 0.6 is 11.3 Å². The number of carbonyl (C=O) groups excluding carboxylic acids is 1. The Bertz CT molecular complexity index is 1410. The zero-order valence-corrected chi connectivity index (χ0v) is 21.4. The summed E-state index contributed by atoms with van der Waals surface area (Å²) in [5.74, 6) is -0.421. The van der Waals surface area contributed by atoms with E-state index < -0.39 is 15.9 Å². The van der Waals surface area contributed by atoms with Crippen molar-refractivity contribution in [3.05, 3.63) is 70.5 Å². The summed E-state index contributed by atoms with van der Waals surface area (Å²) >= 11 is 1.45. The highest BCUT2D eigenvalue weighted by atomic mass is 32.2. The number of aryl methyl sites for hydroxylation is 2. The van der Waals surface area contributed by atoms with Gasteiger partial charge in [0.2, 0.25) is 10.0 Å². The van der Waals surface area contributed by atoms with Crippen molar-refractivity contribution in [2.24, 2.45) is 4.99 Å². The largest absolute Gasteiger partial charge is 0.373 e. The number of benzene rings is 2. The van der Waals surface area contributed by atoms with Crippen molar-refractivity contribution in [2.45, 2.75) is 51.3 Å². The molecule has 1 fully saturated rings. The fourth-order valence-corrected chi connectivity index (χ4v) is 6.82. The average molecular weight is 500 g/mol. The minimum atomic E-state index is -3.67. The Morgan fingerprint density at radius 1 is 1.15 bits per heavy atom. The highest BCUT2D eigenvalue weighted by Crippen LogP contribution is 2.23. The predicted molar refractivity (Wildman–Crippen MR) is 135 cm³/mol. The van der Waals surface area contributed by atoms with Gasteiger partial charge in [0.1, 0.15) is 0 Å². The third-order valence-corrected chi connectivity index (χ3v) is 8.82. The fraction of sp³-hybridized carbons (Fsp3) is 0.360. The maximum absolute atomic E-state index is 13.1. The van der Waals surface area contributed by atoms with E-state index in [0.717, 1.165) is 10.2 Å². The summed E-state index contributed by atoms with van der Waals surface area (Å²) in [7, 11) is -3.67. The van der Waals surface area contributed by atoms with Gasteiger partial charge in [-0.25, -0.2) is 8.42 Å². The SMILES string of the molecule is C=CCn1c(=NC(=O)c2ccc(S(=O)(=O)N3CC(C)OC(C)C3)cc2)sc2cc(C)c(C)cc21. The lowest BCUT2D eigenvalue weighted by Crippen LogP contribution is -2.48. The number of fused-ring (bicyclic) bond motifs is 1. The number of ether oxygens (including phenoxy) is 1. The van der Waals surface area contributed by atoms with E-state index in [1.165, 1.54) is 51.0 Å². The Balaban J connectivity index is 1.65. The van der Waals surface area contributed by atoms with Crippen molar-refractivity contribution in [3.8, 4) is 0 Å². The van der Waals surface area contributed by atoms with Gasteiger partial charge in [0, 0.05) is 25.2 Å². The lowest BCUT2D eigenvalue weighted by atomic mass is 10.1. The van der Waals surface area contributed by atoms with E-state index in [-0.39, 0.29) is 17.1 Å². The Kier molecular flexibility index (Phi) is 6.91. The normalized spacial score (nSPS) is 20.1. The first-order valence-corrected chi connectivity index (χ1v) is 13.4. The first-order chi connectivity index (χ1) is 16.1. The molecule has 1 aliphatic rings. The molecule has 2 unspecified atom stereocenters. The average Bonchev–Trinajstić information content (AvgIpc) is 3.09. The number of morpholine rings is 1. The van der Waals surface area contributed by atoms with Crippen molar-refractivity contribution >= 4 is 37.5 Å². The van der Waals surface area contributed by atoms with Crippen LogP contribution in [0.25, 0.3) is 10.2 Å². The first-order valence-electron chi connectivity index (χ1n) is 11.2. The van der Waals surface area contributed by atoms with Gasteiger partial charge in [0.15, 0.2) is 4.80 Å². The summed E-state index contributed by atoms with van der Waals surface area (Å²) in [6.45, 7) is 12.8. The summed E-state index contributed by atoms with van der Waals surface area (Å²) < 4.78 is 36.2. The van der Waals surface area contributed by atoms with E-state index >= 15 is 0 Å². The second kappa shape index (κ2) is 9.58. The molecule has 2 heterocycles. The number of aromatic nitrogens is 1. The molecule has 1 amide bonds. The third kappa shape index (κ3) is 4.79. The van der Waals surface area contributed by atoms with E-state index in [1.807, 2.05) is 18.4 Å². The van der Waals surface area contributed by atoms with Gasteiger partial charge < -0.3 is 9.30 Å². The van der Waals surface area contributed by atoms with Gasteiger partial charge in [-0.2, -0.15) is 9.30 Å². The molecule has 0 aliphatic carbocycles. The zero-order chi connectivity index (χ0) is 24.6. The molecule has 0 N–H and O–H groups in total. The molecule has 9 heteroatoms. The van der Waals surface area contributed by atoms with E-state index in [0.29, 0.717) is 30.0 Å². The monoisotopic (exact) mass is 499 g/mol. The van der Waals surface area contributed by atoms with Crippen molar-refractivity contribution in [1.82, 2.24) is 8.87 Å². The quantitative estimate of drug-likeness (QED) is 0.496. The van der Waals surface area contributed by atoms with Crippen LogP contribution in [0.4, 0.5) is 0 Å². The van der Waals surface area contributed by atoms with Gasteiger partial charge in [-0.15, -0.1) is 6.58 Å². The number of rotatable bonds is 5. The maximum atomic E-state index is 13.1. The first kappa shape index (κ1) is 24.5. The Hall–Kier alpha value is -2.59. The van der Waals surface area contributed by atoms with Crippen LogP contribution in [0.3, 0.4) is 0 Å². The summed E-state index contributed by atoms with van der Waals surface area (Å²) in [5, 5.41) is 0. The van der Waals surface area contributed by atoms with Gasteiger partial charge >= 0.3 is 0 Å². The van der Waals surface area contributed by atoms with Gasteiger partial charge in [-0.3, -0.25) is 4.79 Å². The topological polar surface area (TPSA) is 81.0 Å². The van der Waals surface area contributed by atoms with Gasteiger partial charge in [0.25, 0.3) is 5.91 Å². The number of amides is 1. The molecule has 4 rings (SSSR count). The number of sulfonamides is 1. The highest BCUT2D eigenvalue weighted by molar-refractivity contribution is 7.89. The van der Waals surface area contributed by atoms with E-state index in [9.17, 15) is 13.2 Å². The van der Waals surface area contributed by atoms with E-state index in [4.69, 9.17) is 4.74 Å². The number of nitrogens with zero attached hydrogens (tertiary/aromatic N) is 3. The second-order valence-corrected chi connectivity index (χ2v) is 11.7. The molecule has 0 saturated carbocycles. The molecule has 3 aromatic rings. The minimum Gasteiger partial charge on any atom is -0.373 e. The van der Waals surface area contributed by atoms with Gasteiger partial charge in [-0.05, 0) is 75.2 Å². The predicted octanol–water partition coefficient (Wildman–Crippen LogP) is 4.04. The van der Waals surface area contributed by atoms with E-state index in [1.54, 1.807) is 6.08 Å². The summed E-state index contributed by atoms with van der Waals surface area (Å²) in [4.78, 5) is 18.1. The molecular weight excluding hydrogens is 470 g/mol. The minimum absolute atomic E-state index is 0.153. The number of hydrogen-bond acceptors (Lipinski definition) is 5. The summed E-state index contributed by atoms with van der Waals surface area (Å²) in [6, 6.07) is 10.2. The molecule has 2 atom stereocenters. The van der Waals surface area contributed by atoms with Crippen molar-refractivity contribution < 1.29 is 17.9 Å². The number of hydrogen-bond donors (Lipinski definition) is 0. The van der Waals surface area contributed by atoms with Crippen LogP contribution in [0, 0.1) is 13.8 Å². The van der Waals surface area contributed by atoms with Gasteiger partial charge in [-0.1, -0.05) is 17.4 Å².